The van der Waals surface area contributed by atoms with Crippen LogP contribution < -0.4 is 5.32 Å². The third kappa shape index (κ3) is 3.86. The van der Waals surface area contributed by atoms with Gasteiger partial charge in [0.1, 0.15) is 0 Å². The maximum Gasteiger partial charge on any atom is 0.238 e. The first-order chi connectivity index (χ1) is 11.7. The lowest BCUT2D eigenvalue weighted by molar-refractivity contribution is -0.119. The van der Waals surface area contributed by atoms with Gasteiger partial charge in [0.25, 0.3) is 0 Å². The predicted molar refractivity (Wildman–Crippen MR) is 95.0 cm³/mol. The van der Waals surface area contributed by atoms with Crippen molar-refractivity contribution in [2.45, 2.75) is 19.4 Å². The van der Waals surface area contributed by atoms with Gasteiger partial charge >= 0.3 is 0 Å². The van der Waals surface area contributed by atoms with Gasteiger partial charge in [-0.2, -0.15) is 0 Å². The Morgan fingerprint density at radius 3 is 2.96 bits per heavy atom. The normalized spacial score (nSPS) is 18.5. The Morgan fingerprint density at radius 1 is 1.33 bits per heavy atom. The van der Waals surface area contributed by atoms with Gasteiger partial charge in [0.2, 0.25) is 5.91 Å². The molecule has 0 bridgehead atoms. The Labute approximate surface area is 143 Å². The Hall–Kier alpha value is -2.11. The molecule has 1 saturated heterocycles. The van der Waals surface area contributed by atoms with Gasteiger partial charge in [-0.15, -0.1) is 0 Å². The summed E-state index contributed by atoms with van der Waals surface area (Å²) in [6.07, 6.45) is 2.99. The van der Waals surface area contributed by atoms with Crippen LogP contribution in [-0.2, 0) is 23.0 Å². The van der Waals surface area contributed by atoms with Crippen LogP contribution in [-0.4, -0.2) is 41.7 Å². The van der Waals surface area contributed by atoms with Gasteiger partial charge in [-0.05, 0) is 36.2 Å². The number of carbonyl (C=O) groups is 1. The van der Waals surface area contributed by atoms with E-state index in [4.69, 9.17) is 4.74 Å². The maximum atomic E-state index is 12.5. The van der Waals surface area contributed by atoms with Gasteiger partial charge in [-0.25, -0.2) is 0 Å². The van der Waals surface area contributed by atoms with Crippen LogP contribution in [0, 0.1) is 0 Å². The summed E-state index contributed by atoms with van der Waals surface area (Å²) in [7, 11) is 2.03. The first-order valence-corrected chi connectivity index (χ1v) is 8.49. The van der Waals surface area contributed by atoms with E-state index in [2.05, 4.69) is 33.8 Å². The Morgan fingerprint density at radius 2 is 2.21 bits per heavy atom. The number of nitrogens with zero attached hydrogens (tertiary/aromatic N) is 2. The summed E-state index contributed by atoms with van der Waals surface area (Å²) in [5.41, 5.74) is 3.26. The summed E-state index contributed by atoms with van der Waals surface area (Å²) in [6.45, 7) is 4.53. The molecule has 5 heteroatoms. The molecule has 3 rings (SSSR count). The minimum atomic E-state index is 0.0179. The second-order valence-electron chi connectivity index (χ2n) is 6.21. The van der Waals surface area contributed by atoms with Crippen LogP contribution in [0.5, 0.6) is 0 Å². The van der Waals surface area contributed by atoms with Crippen molar-refractivity contribution in [3.63, 3.8) is 0 Å². The molecule has 0 radical (unpaired) electrons. The van der Waals surface area contributed by atoms with Crippen LogP contribution in [0.1, 0.15) is 24.2 Å². The lowest BCUT2D eigenvalue weighted by Gasteiger charge is -2.35. The smallest absolute Gasteiger partial charge is 0.238 e. The van der Waals surface area contributed by atoms with Crippen molar-refractivity contribution >= 4 is 11.6 Å². The average Bonchev–Trinajstić information content (AvgIpc) is 3.01. The molecular weight excluding hydrogens is 302 g/mol. The molecular formula is C19H25N3O2. The number of anilines is 1. The number of aryl methyl sites for hydroxylation is 2. The lowest BCUT2D eigenvalue weighted by Crippen LogP contribution is -2.44. The minimum Gasteiger partial charge on any atom is -0.378 e. The fourth-order valence-corrected chi connectivity index (χ4v) is 3.17. The summed E-state index contributed by atoms with van der Waals surface area (Å²) in [5, 5.41) is 3.02. The SMILES string of the molecule is CCc1cccc(NC(=O)CN2CCOC[C@@H]2c2cccn2C)c1. The number of hydrogen-bond acceptors (Lipinski definition) is 3. The summed E-state index contributed by atoms with van der Waals surface area (Å²) in [4.78, 5) is 14.7. The van der Waals surface area contributed by atoms with E-state index in [1.165, 1.54) is 11.3 Å². The first kappa shape index (κ1) is 16.7. The van der Waals surface area contributed by atoms with Crippen molar-refractivity contribution in [2.24, 2.45) is 7.05 Å². The number of rotatable bonds is 5. The van der Waals surface area contributed by atoms with E-state index in [9.17, 15) is 4.79 Å². The third-order valence-corrected chi connectivity index (χ3v) is 4.53. The summed E-state index contributed by atoms with van der Waals surface area (Å²) < 4.78 is 7.73. The van der Waals surface area contributed by atoms with Crippen LogP contribution >= 0.6 is 0 Å². The molecule has 128 valence electrons. The van der Waals surface area contributed by atoms with Gasteiger partial charge in [-0.3, -0.25) is 9.69 Å². The van der Waals surface area contributed by atoms with Crippen LogP contribution in [0.2, 0.25) is 0 Å². The second-order valence-corrected chi connectivity index (χ2v) is 6.21. The van der Waals surface area contributed by atoms with Crippen molar-refractivity contribution in [3.05, 3.63) is 53.9 Å². The lowest BCUT2D eigenvalue weighted by atomic mass is 10.1. The minimum absolute atomic E-state index is 0.0179. The van der Waals surface area contributed by atoms with Gasteiger partial charge in [0.05, 0.1) is 25.8 Å². The zero-order chi connectivity index (χ0) is 16.9. The topological polar surface area (TPSA) is 46.5 Å². The van der Waals surface area contributed by atoms with E-state index in [0.717, 1.165) is 18.7 Å². The zero-order valence-corrected chi connectivity index (χ0v) is 14.4. The first-order valence-electron chi connectivity index (χ1n) is 8.49. The highest BCUT2D eigenvalue weighted by atomic mass is 16.5. The molecule has 0 aliphatic carbocycles. The van der Waals surface area contributed by atoms with Gasteiger partial charge in [0.15, 0.2) is 0 Å². The number of carbonyl (C=O) groups excluding carboxylic acids is 1. The van der Waals surface area contributed by atoms with E-state index >= 15 is 0 Å². The molecule has 1 aromatic heterocycles. The molecule has 0 spiro atoms. The van der Waals surface area contributed by atoms with Crippen LogP contribution in [0.3, 0.4) is 0 Å². The molecule has 1 amide bonds. The van der Waals surface area contributed by atoms with Crippen molar-refractivity contribution in [2.75, 3.05) is 31.6 Å². The van der Waals surface area contributed by atoms with Crippen molar-refractivity contribution < 1.29 is 9.53 Å². The van der Waals surface area contributed by atoms with Crippen LogP contribution in [0.25, 0.3) is 0 Å². The number of morpholine rings is 1. The molecule has 1 fully saturated rings. The second kappa shape index (κ2) is 7.64. The standard InChI is InChI=1S/C19H25N3O2/c1-3-15-6-4-7-16(12-15)20-19(23)13-22-10-11-24-14-18(22)17-8-5-9-21(17)2/h4-9,12,18H,3,10-11,13-14H2,1-2H3,(H,20,23)/t18-/m1/s1. The van der Waals surface area contributed by atoms with Crippen LogP contribution in [0.15, 0.2) is 42.6 Å². The number of nitrogens with one attached hydrogen (secondary N) is 1. The molecule has 1 aliphatic heterocycles. The maximum absolute atomic E-state index is 12.5. The molecule has 1 aromatic carbocycles. The van der Waals surface area contributed by atoms with E-state index in [-0.39, 0.29) is 11.9 Å². The summed E-state index contributed by atoms with van der Waals surface area (Å²) >= 11 is 0. The fourth-order valence-electron chi connectivity index (χ4n) is 3.17. The molecule has 2 heterocycles. The number of hydrogen-bond donors (Lipinski definition) is 1. The molecule has 0 unspecified atom stereocenters. The third-order valence-electron chi connectivity index (χ3n) is 4.53. The van der Waals surface area contributed by atoms with Crippen molar-refractivity contribution in [1.82, 2.24) is 9.47 Å². The van der Waals surface area contributed by atoms with Crippen molar-refractivity contribution in [3.8, 4) is 0 Å². The van der Waals surface area contributed by atoms with Crippen LogP contribution in [0.4, 0.5) is 5.69 Å². The van der Waals surface area contributed by atoms with E-state index < -0.39 is 0 Å². The van der Waals surface area contributed by atoms with Crippen molar-refractivity contribution in [1.29, 1.82) is 0 Å². The molecule has 5 nitrogen and oxygen atoms in total. The van der Waals surface area contributed by atoms with E-state index in [1.54, 1.807) is 0 Å². The quantitative estimate of drug-likeness (QED) is 0.918. The zero-order valence-electron chi connectivity index (χ0n) is 14.4. The Kier molecular flexibility index (Phi) is 5.33. The largest absolute Gasteiger partial charge is 0.378 e. The molecule has 0 saturated carbocycles. The molecule has 1 aliphatic rings. The molecule has 24 heavy (non-hydrogen) atoms. The van der Waals surface area contributed by atoms with Gasteiger partial charge in [-0.1, -0.05) is 19.1 Å². The van der Waals surface area contributed by atoms with Gasteiger partial charge in [0, 0.05) is 31.2 Å². The Bertz CT molecular complexity index is 695. The molecule has 1 N–H and O–H groups in total. The molecule has 2 aromatic rings. The number of amides is 1. The number of aromatic nitrogens is 1. The van der Waals surface area contributed by atoms with E-state index in [0.29, 0.717) is 19.8 Å². The fraction of sp³-hybridized carbons (Fsp3) is 0.421. The highest BCUT2D eigenvalue weighted by Gasteiger charge is 2.27. The van der Waals surface area contributed by atoms with E-state index in [1.807, 2.05) is 37.5 Å². The number of benzene rings is 1. The highest BCUT2D eigenvalue weighted by Crippen LogP contribution is 2.24. The number of ether oxygens (including phenoxy) is 1. The summed E-state index contributed by atoms with van der Waals surface area (Å²) in [5.74, 6) is 0.0179. The van der Waals surface area contributed by atoms with Gasteiger partial charge < -0.3 is 14.6 Å². The average molecular weight is 327 g/mol. The monoisotopic (exact) mass is 327 g/mol. The summed E-state index contributed by atoms with van der Waals surface area (Å²) in [6, 6.07) is 12.3. The predicted octanol–water partition coefficient (Wildman–Crippen LogP) is 2.60. The Balaban J connectivity index is 1.66. The molecule has 1 atom stereocenters. The highest BCUT2D eigenvalue weighted by molar-refractivity contribution is 5.92.